The Labute approximate surface area is 126 Å². The van der Waals surface area contributed by atoms with Gasteiger partial charge in [0.15, 0.2) is 0 Å². The summed E-state index contributed by atoms with van der Waals surface area (Å²) in [4.78, 5) is 2.39. The minimum absolute atomic E-state index is 0.651. The fourth-order valence-corrected chi connectivity index (χ4v) is 2.83. The summed E-state index contributed by atoms with van der Waals surface area (Å²) < 4.78 is 5.21. The highest BCUT2D eigenvalue weighted by Crippen LogP contribution is 2.36. The lowest BCUT2D eigenvalue weighted by molar-refractivity contribution is 0.205. The van der Waals surface area contributed by atoms with E-state index in [4.69, 9.17) is 16.3 Å². The van der Waals surface area contributed by atoms with Crippen LogP contribution in [-0.4, -0.2) is 32.3 Å². The van der Waals surface area contributed by atoms with E-state index < -0.39 is 0 Å². The molecule has 2 saturated carbocycles. The van der Waals surface area contributed by atoms with Crippen molar-refractivity contribution in [2.75, 3.05) is 25.2 Å². The molecule has 2 fully saturated rings. The summed E-state index contributed by atoms with van der Waals surface area (Å²) in [5.41, 5.74) is 2.43. The topological polar surface area (TPSA) is 24.5 Å². The number of hydrogen-bond donors (Lipinski definition) is 1. The van der Waals surface area contributed by atoms with Gasteiger partial charge in [0.25, 0.3) is 0 Å². The minimum Gasteiger partial charge on any atom is -0.383 e. The highest BCUT2D eigenvalue weighted by molar-refractivity contribution is 6.33. The first-order chi connectivity index (χ1) is 9.78. The van der Waals surface area contributed by atoms with Gasteiger partial charge in [0.05, 0.1) is 17.3 Å². The summed E-state index contributed by atoms with van der Waals surface area (Å²) in [6, 6.07) is 7.85. The number of nitrogens with zero attached hydrogens (tertiary/aromatic N) is 1. The summed E-state index contributed by atoms with van der Waals surface area (Å²) in [6.45, 7) is 2.59. The Hall–Kier alpha value is -0.770. The standard InChI is InChI=1S/C16H23ClN2O/c1-20-9-8-19(14-5-6-14)16-7-2-12(10-15(16)17)11-18-13-3-4-13/h2,7,10,13-14,18H,3-6,8-9,11H2,1H3. The average Bonchev–Trinajstić information content (AvgIpc) is 3.32. The third-order valence-electron chi connectivity index (χ3n) is 4.02. The Morgan fingerprint density at radius 2 is 2.10 bits per heavy atom. The Morgan fingerprint density at radius 1 is 1.30 bits per heavy atom. The first-order valence-electron chi connectivity index (χ1n) is 7.55. The minimum atomic E-state index is 0.651. The first-order valence-corrected chi connectivity index (χ1v) is 7.93. The Kier molecular flexibility index (Phi) is 4.49. The Bertz CT molecular complexity index is 458. The van der Waals surface area contributed by atoms with Crippen LogP contribution in [0, 0.1) is 0 Å². The predicted octanol–water partition coefficient (Wildman–Crippen LogP) is 3.21. The van der Waals surface area contributed by atoms with Crippen molar-refractivity contribution in [1.82, 2.24) is 5.32 Å². The van der Waals surface area contributed by atoms with Crippen LogP contribution < -0.4 is 10.2 Å². The molecule has 0 radical (unpaired) electrons. The maximum absolute atomic E-state index is 6.50. The fourth-order valence-electron chi connectivity index (χ4n) is 2.52. The zero-order chi connectivity index (χ0) is 13.9. The molecule has 0 atom stereocenters. The van der Waals surface area contributed by atoms with Gasteiger partial charge in [0.1, 0.15) is 0 Å². The molecule has 20 heavy (non-hydrogen) atoms. The highest BCUT2D eigenvalue weighted by Gasteiger charge is 2.30. The van der Waals surface area contributed by atoms with Crippen molar-refractivity contribution in [3.63, 3.8) is 0 Å². The molecule has 0 saturated heterocycles. The van der Waals surface area contributed by atoms with Gasteiger partial charge < -0.3 is 15.0 Å². The molecule has 0 amide bonds. The van der Waals surface area contributed by atoms with E-state index in [2.05, 4.69) is 28.4 Å². The van der Waals surface area contributed by atoms with Crippen LogP contribution in [0.25, 0.3) is 0 Å². The lowest BCUT2D eigenvalue weighted by atomic mass is 10.2. The number of benzene rings is 1. The molecule has 3 rings (SSSR count). The molecule has 0 aliphatic heterocycles. The van der Waals surface area contributed by atoms with E-state index in [1.54, 1.807) is 7.11 Å². The van der Waals surface area contributed by atoms with Crippen molar-refractivity contribution < 1.29 is 4.74 Å². The van der Waals surface area contributed by atoms with Gasteiger partial charge in [-0.3, -0.25) is 0 Å². The zero-order valence-electron chi connectivity index (χ0n) is 12.1. The van der Waals surface area contributed by atoms with Crippen LogP contribution in [0.4, 0.5) is 5.69 Å². The maximum atomic E-state index is 6.50. The first kappa shape index (κ1) is 14.2. The molecule has 4 heteroatoms. The van der Waals surface area contributed by atoms with Crippen LogP contribution in [0.1, 0.15) is 31.2 Å². The lowest BCUT2D eigenvalue weighted by Gasteiger charge is -2.25. The van der Waals surface area contributed by atoms with Gasteiger partial charge in [0.2, 0.25) is 0 Å². The number of rotatable bonds is 8. The molecular weight excluding hydrogens is 272 g/mol. The van der Waals surface area contributed by atoms with Crippen LogP contribution in [0.5, 0.6) is 0 Å². The third kappa shape index (κ3) is 3.66. The molecule has 0 unspecified atom stereocenters. The molecule has 1 aromatic rings. The smallest absolute Gasteiger partial charge is 0.0642 e. The van der Waals surface area contributed by atoms with E-state index >= 15 is 0 Å². The number of hydrogen-bond acceptors (Lipinski definition) is 3. The molecule has 2 aliphatic carbocycles. The number of anilines is 1. The molecular formula is C16H23ClN2O. The monoisotopic (exact) mass is 294 g/mol. The van der Waals surface area contributed by atoms with Crippen molar-refractivity contribution >= 4 is 17.3 Å². The second-order valence-electron chi connectivity index (χ2n) is 5.86. The van der Waals surface area contributed by atoms with Crippen LogP contribution in [0.3, 0.4) is 0 Å². The predicted molar refractivity (Wildman–Crippen MR) is 83.6 cm³/mol. The molecule has 1 N–H and O–H groups in total. The second kappa shape index (κ2) is 6.33. The molecule has 1 aromatic carbocycles. The van der Waals surface area contributed by atoms with Crippen molar-refractivity contribution in [3.05, 3.63) is 28.8 Å². The van der Waals surface area contributed by atoms with Crippen molar-refractivity contribution in [2.24, 2.45) is 0 Å². The number of halogens is 1. The average molecular weight is 295 g/mol. The van der Waals surface area contributed by atoms with Gasteiger partial charge in [-0.1, -0.05) is 17.7 Å². The number of methoxy groups -OCH3 is 1. The van der Waals surface area contributed by atoms with Gasteiger partial charge in [-0.05, 0) is 43.4 Å². The molecule has 110 valence electrons. The molecule has 3 nitrogen and oxygen atoms in total. The van der Waals surface area contributed by atoms with Crippen LogP contribution in [0.2, 0.25) is 5.02 Å². The van der Waals surface area contributed by atoms with Crippen LogP contribution >= 0.6 is 11.6 Å². The van der Waals surface area contributed by atoms with Crippen molar-refractivity contribution in [3.8, 4) is 0 Å². The van der Waals surface area contributed by atoms with Crippen LogP contribution in [0.15, 0.2) is 18.2 Å². The third-order valence-corrected chi connectivity index (χ3v) is 4.32. The molecule has 0 spiro atoms. The SMILES string of the molecule is COCCN(c1ccc(CNC2CC2)cc1Cl)C1CC1. The zero-order valence-corrected chi connectivity index (χ0v) is 12.8. The quantitative estimate of drug-likeness (QED) is 0.797. The van der Waals surface area contributed by atoms with E-state index in [0.29, 0.717) is 6.04 Å². The summed E-state index contributed by atoms with van der Waals surface area (Å²) >= 11 is 6.50. The summed E-state index contributed by atoms with van der Waals surface area (Å²) in [7, 11) is 1.75. The van der Waals surface area contributed by atoms with Crippen LogP contribution in [-0.2, 0) is 11.3 Å². The van der Waals surface area contributed by atoms with Crippen molar-refractivity contribution in [1.29, 1.82) is 0 Å². The number of ether oxygens (including phenoxy) is 1. The van der Waals surface area contributed by atoms with E-state index in [9.17, 15) is 0 Å². The Balaban J connectivity index is 1.67. The van der Waals surface area contributed by atoms with Gasteiger partial charge in [-0.25, -0.2) is 0 Å². The van der Waals surface area contributed by atoms with E-state index in [1.165, 1.54) is 31.2 Å². The lowest BCUT2D eigenvalue weighted by Crippen LogP contribution is -2.29. The second-order valence-corrected chi connectivity index (χ2v) is 6.27. The normalized spacial score (nSPS) is 18.3. The van der Waals surface area contributed by atoms with Crippen molar-refractivity contribution in [2.45, 2.75) is 44.3 Å². The fraction of sp³-hybridized carbons (Fsp3) is 0.625. The summed E-state index contributed by atoms with van der Waals surface area (Å²) in [5, 5.41) is 4.39. The van der Waals surface area contributed by atoms with E-state index in [0.717, 1.165) is 36.4 Å². The van der Waals surface area contributed by atoms with Gasteiger partial charge >= 0.3 is 0 Å². The van der Waals surface area contributed by atoms with E-state index in [1.807, 2.05) is 0 Å². The van der Waals surface area contributed by atoms with Gasteiger partial charge in [-0.15, -0.1) is 0 Å². The summed E-state index contributed by atoms with van der Waals surface area (Å²) in [6.07, 6.45) is 5.17. The molecule has 2 aliphatic rings. The molecule has 0 heterocycles. The highest BCUT2D eigenvalue weighted by atomic mass is 35.5. The largest absolute Gasteiger partial charge is 0.383 e. The molecule has 0 aromatic heterocycles. The maximum Gasteiger partial charge on any atom is 0.0642 e. The van der Waals surface area contributed by atoms with E-state index in [-0.39, 0.29) is 0 Å². The van der Waals surface area contributed by atoms with Gasteiger partial charge in [-0.2, -0.15) is 0 Å². The molecule has 0 bridgehead atoms. The van der Waals surface area contributed by atoms with Gasteiger partial charge in [0, 0.05) is 32.3 Å². The summed E-state index contributed by atoms with van der Waals surface area (Å²) in [5.74, 6) is 0. The Morgan fingerprint density at radius 3 is 2.70 bits per heavy atom. The number of nitrogens with one attached hydrogen (secondary N) is 1.